The van der Waals surface area contributed by atoms with Crippen molar-refractivity contribution in [1.29, 1.82) is 0 Å². The van der Waals surface area contributed by atoms with Gasteiger partial charge in [0.1, 0.15) is 55.6 Å². The highest BCUT2D eigenvalue weighted by molar-refractivity contribution is 5.55. The van der Waals surface area contributed by atoms with Gasteiger partial charge in [0.2, 0.25) is 5.79 Å². The standard InChI is InChI=1S/C37H42F2N8O4/c1-3-28(4-2)47-36(48)46(26-42-47)31-10-8-29(9-11-31)43-16-18-44(19-17-43)30-12-14-32(15-13-30)49-21-33-22-50-37(51-33,23-45-25-40-24-41-45)34-7-5-6-27(38)20-35(34)39/h6-15,20,24-26,28,33H,3-5,16-19,21-23H2,1-2H3/t33-,37?/m0/s1. The van der Waals surface area contributed by atoms with E-state index in [2.05, 4.69) is 51.0 Å². The molecule has 2 aliphatic heterocycles. The second-order valence-electron chi connectivity index (χ2n) is 12.8. The summed E-state index contributed by atoms with van der Waals surface area (Å²) in [6.45, 7) is 7.92. The average molecular weight is 701 g/mol. The molecule has 0 bridgehead atoms. The van der Waals surface area contributed by atoms with Crippen LogP contribution in [0.5, 0.6) is 5.75 Å². The number of halogens is 2. The molecule has 1 unspecified atom stereocenters. The van der Waals surface area contributed by atoms with Crippen LogP contribution in [-0.4, -0.2) is 80.4 Å². The highest BCUT2D eigenvalue weighted by atomic mass is 19.1. The lowest BCUT2D eigenvalue weighted by molar-refractivity contribution is -0.152. The number of aromatic nitrogens is 6. The number of anilines is 2. The second-order valence-corrected chi connectivity index (χ2v) is 12.8. The number of piperazine rings is 1. The summed E-state index contributed by atoms with van der Waals surface area (Å²) in [6.07, 6.45) is 9.60. The van der Waals surface area contributed by atoms with Gasteiger partial charge in [0.05, 0.1) is 18.3 Å². The fourth-order valence-electron chi connectivity index (χ4n) is 6.83. The van der Waals surface area contributed by atoms with Crippen LogP contribution in [0.25, 0.3) is 5.69 Å². The van der Waals surface area contributed by atoms with Crippen molar-refractivity contribution in [2.75, 3.05) is 49.2 Å². The highest BCUT2D eigenvalue weighted by Crippen LogP contribution is 2.39. The van der Waals surface area contributed by atoms with Gasteiger partial charge in [0.15, 0.2) is 0 Å². The molecule has 0 spiro atoms. The van der Waals surface area contributed by atoms with E-state index in [4.69, 9.17) is 14.2 Å². The Balaban J connectivity index is 0.924. The monoisotopic (exact) mass is 700 g/mol. The molecule has 268 valence electrons. The van der Waals surface area contributed by atoms with Gasteiger partial charge in [0.25, 0.3) is 0 Å². The highest BCUT2D eigenvalue weighted by Gasteiger charge is 2.47. The van der Waals surface area contributed by atoms with E-state index in [-0.39, 0.29) is 43.5 Å². The molecule has 14 heteroatoms. The Morgan fingerprint density at radius 3 is 2.22 bits per heavy atom. The first-order valence-corrected chi connectivity index (χ1v) is 17.4. The van der Waals surface area contributed by atoms with E-state index in [1.807, 2.05) is 36.4 Å². The van der Waals surface area contributed by atoms with Crippen LogP contribution in [0.15, 0.2) is 108 Å². The van der Waals surface area contributed by atoms with Gasteiger partial charge in [-0.15, -0.1) is 0 Å². The quantitative estimate of drug-likeness (QED) is 0.189. The minimum atomic E-state index is -1.51. The van der Waals surface area contributed by atoms with Crippen molar-refractivity contribution in [3.05, 3.63) is 113 Å². The van der Waals surface area contributed by atoms with E-state index in [0.29, 0.717) is 5.75 Å². The molecule has 7 rings (SSSR count). The zero-order valence-electron chi connectivity index (χ0n) is 28.8. The van der Waals surface area contributed by atoms with Gasteiger partial charge in [-0.05, 0) is 73.9 Å². The van der Waals surface area contributed by atoms with Gasteiger partial charge in [-0.2, -0.15) is 10.2 Å². The van der Waals surface area contributed by atoms with Gasteiger partial charge >= 0.3 is 5.69 Å². The third-order valence-electron chi connectivity index (χ3n) is 9.66. The number of benzene rings is 2. The molecule has 2 aromatic heterocycles. The van der Waals surface area contributed by atoms with Crippen molar-refractivity contribution in [3.8, 4) is 11.4 Å². The topological polar surface area (TPSA) is 105 Å². The predicted molar refractivity (Wildman–Crippen MR) is 188 cm³/mol. The molecule has 4 heterocycles. The third kappa shape index (κ3) is 7.38. The van der Waals surface area contributed by atoms with Crippen LogP contribution in [0, 0.1) is 0 Å². The molecule has 0 amide bonds. The zero-order valence-corrected chi connectivity index (χ0v) is 28.8. The first-order chi connectivity index (χ1) is 24.9. The average Bonchev–Trinajstić information content (AvgIpc) is 3.89. The number of rotatable bonds is 12. The van der Waals surface area contributed by atoms with E-state index in [1.165, 1.54) is 23.4 Å². The number of allylic oxidation sites excluding steroid dienone is 4. The lowest BCUT2D eigenvalue weighted by Crippen LogP contribution is -2.46. The van der Waals surface area contributed by atoms with E-state index in [0.717, 1.165) is 62.2 Å². The Bertz CT molecular complexity index is 1930. The molecular weight excluding hydrogens is 658 g/mol. The Morgan fingerprint density at radius 1 is 0.902 bits per heavy atom. The normalized spacial score (nSPS) is 21.0. The molecular formula is C37H42F2N8O4. The van der Waals surface area contributed by atoms with Gasteiger partial charge in [-0.25, -0.2) is 32.5 Å². The fraction of sp³-hybridized carbons (Fsp3) is 0.405. The SMILES string of the molecule is CCC(CC)n1ncn(-c2ccc(N3CCN(c4ccc(OC[C@H]5COC(Cn6cncn6)(C6=CCC=C(F)C=C6F)O5)cc4)CC3)cc2)c1=O. The van der Waals surface area contributed by atoms with E-state index < -0.39 is 23.5 Å². The van der Waals surface area contributed by atoms with Gasteiger partial charge in [-0.3, -0.25) is 0 Å². The number of hydrogen-bond donors (Lipinski definition) is 0. The summed E-state index contributed by atoms with van der Waals surface area (Å²) in [7, 11) is 0. The molecule has 2 saturated heterocycles. The molecule has 4 aromatic rings. The minimum Gasteiger partial charge on any atom is -0.491 e. The van der Waals surface area contributed by atoms with Crippen LogP contribution in [0.2, 0.25) is 0 Å². The number of hydrogen-bond acceptors (Lipinski definition) is 9. The lowest BCUT2D eigenvalue weighted by atomic mass is 10.0. The zero-order chi connectivity index (χ0) is 35.4. The van der Waals surface area contributed by atoms with E-state index >= 15 is 4.39 Å². The maximum atomic E-state index is 15.1. The van der Waals surface area contributed by atoms with Crippen molar-refractivity contribution in [2.45, 2.75) is 57.6 Å². The summed E-state index contributed by atoms with van der Waals surface area (Å²) in [5.41, 5.74) is 3.02. The van der Waals surface area contributed by atoms with Crippen molar-refractivity contribution in [2.24, 2.45) is 0 Å². The second kappa shape index (κ2) is 15.0. The summed E-state index contributed by atoms with van der Waals surface area (Å²) >= 11 is 0. The number of ether oxygens (including phenoxy) is 3. The first kappa shape index (κ1) is 34.4. The maximum Gasteiger partial charge on any atom is 0.350 e. The summed E-state index contributed by atoms with van der Waals surface area (Å²) in [4.78, 5) is 21.6. The molecule has 2 atom stereocenters. The molecule has 51 heavy (non-hydrogen) atoms. The first-order valence-electron chi connectivity index (χ1n) is 17.4. The molecule has 0 radical (unpaired) electrons. The molecule has 0 saturated carbocycles. The fourth-order valence-corrected chi connectivity index (χ4v) is 6.83. The molecule has 1 aliphatic carbocycles. The smallest absolute Gasteiger partial charge is 0.350 e. The molecule has 2 fully saturated rings. The van der Waals surface area contributed by atoms with Gasteiger partial charge in [0, 0.05) is 49.2 Å². The molecule has 2 aromatic carbocycles. The largest absolute Gasteiger partial charge is 0.491 e. The molecule has 3 aliphatic rings. The lowest BCUT2D eigenvalue weighted by Gasteiger charge is -2.37. The Morgan fingerprint density at radius 2 is 1.57 bits per heavy atom. The van der Waals surface area contributed by atoms with Gasteiger partial charge < -0.3 is 24.0 Å². The van der Waals surface area contributed by atoms with Gasteiger partial charge in [-0.1, -0.05) is 19.9 Å². The van der Waals surface area contributed by atoms with Crippen LogP contribution in [0.1, 0.15) is 39.2 Å². The van der Waals surface area contributed by atoms with Crippen LogP contribution >= 0.6 is 0 Å². The summed E-state index contributed by atoms with van der Waals surface area (Å²) in [5.74, 6) is -2.25. The summed E-state index contributed by atoms with van der Waals surface area (Å²) < 4.78 is 52.2. The Kier molecular flexibility index (Phi) is 10.1. The summed E-state index contributed by atoms with van der Waals surface area (Å²) in [6, 6.07) is 16.1. The van der Waals surface area contributed by atoms with Crippen molar-refractivity contribution < 1.29 is 23.0 Å². The van der Waals surface area contributed by atoms with Crippen LogP contribution in [0.3, 0.4) is 0 Å². The molecule has 12 nitrogen and oxygen atoms in total. The van der Waals surface area contributed by atoms with Crippen molar-refractivity contribution in [1.82, 2.24) is 29.1 Å². The third-order valence-corrected chi connectivity index (χ3v) is 9.66. The van der Waals surface area contributed by atoms with Crippen LogP contribution < -0.4 is 20.2 Å². The molecule has 0 N–H and O–H groups in total. The Labute approximate surface area is 294 Å². The van der Waals surface area contributed by atoms with Crippen LogP contribution in [-0.2, 0) is 16.0 Å². The van der Waals surface area contributed by atoms with Crippen LogP contribution in [0.4, 0.5) is 20.2 Å². The van der Waals surface area contributed by atoms with Crippen molar-refractivity contribution >= 4 is 11.4 Å². The van der Waals surface area contributed by atoms with E-state index in [1.54, 1.807) is 21.7 Å². The summed E-state index contributed by atoms with van der Waals surface area (Å²) in [5, 5.41) is 8.49. The van der Waals surface area contributed by atoms with E-state index in [9.17, 15) is 9.18 Å². The minimum absolute atomic E-state index is 0.0395. The Hall–Kier alpha value is -5.08. The number of nitrogens with zero attached hydrogens (tertiary/aromatic N) is 8. The maximum absolute atomic E-state index is 15.1. The predicted octanol–water partition coefficient (Wildman–Crippen LogP) is 5.54. The van der Waals surface area contributed by atoms with Crippen molar-refractivity contribution in [3.63, 3.8) is 0 Å².